The van der Waals surface area contributed by atoms with Crippen molar-refractivity contribution in [2.45, 2.75) is 0 Å². The number of amides is 1. The van der Waals surface area contributed by atoms with Crippen molar-refractivity contribution >= 4 is 44.7 Å². The maximum atomic E-state index is 12.2. The molecule has 0 fully saturated rings. The van der Waals surface area contributed by atoms with Crippen LogP contribution in [0.25, 0.3) is 11.0 Å². The molecule has 0 bridgehead atoms. The molecule has 0 atom stereocenters. The second kappa shape index (κ2) is 6.72. The van der Waals surface area contributed by atoms with Gasteiger partial charge in [0.2, 0.25) is 6.79 Å². The number of furan rings is 1. The Hall–Kier alpha value is -3.40. The van der Waals surface area contributed by atoms with E-state index >= 15 is 0 Å². The fourth-order valence-corrected chi connectivity index (χ4v) is 2.93. The SMILES string of the molecule is O=C(N/N=C\c1cc2c(cc1[N+](=O)[O-])OCO2)c1cc2cc(Br)ccc2o1. The molecule has 27 heavy (non-hydrogen) atoms. The normalized spacial score (nSPS) is 12.6. The van der Waals surface area contributed by atoms with E-state index in [9.17, 15) is 14.9 Å². The first-order valence-electron chi connectivity index (χ1n) is 7.62. The molecule has 0 unspecified atom stereocenters. The van der Waals surface area contributed by atoms with Crippen molar-refractivity contribution in [3.63, 3.8) is 0 Å². The molecular weight excluding hydrogens is 422 g/mol. The predicted octanol–water partition coefficient (Wildman–Crippen LogP) is 3.60. The Labute approximate surface area is 159 Å². The predicted molar refractivity (Wildman–Crippen MR) is 98.2 cm³/mol. The Morgan fingerprint density at radius 1 is 1.22 bits per heavy atom. The van der Waals surface area contributed by atoms with Crippen LogP contribution in [-0.4, -0.2) is 23.8 Å². The lowest BCUT2D eigenvalue weighted by molar-refractivity contribution is -0.385. The number of nitrogens with zero attached hydrogens (tertiary/aromatic N) is 2. The van der Waals surface area contributed by atoms with Crippen LogP contribution < -0.4 is 14.9 Å². The number of hydrogen-bond acceptors (Lipinski definition) is 7. The van der Waals surface area contributed by atoms with Crippen LogP contribution >= 0.6 is 15.9 Å². The van der Waals surface area contributed by atoms with E-state index in [4.69, 9.17) is 13.9 Å². The van der Waals surface area contributed by atoms with Gasteiger partial charge in [-0.1, -0.05) is 15.9 Å². The van der Waals surface area contributed by atoms with Crippen molar-refractivity contribution in [1.82, 2.24) is 5.43 Å². The van der Waals surface area contributed by atoms with Gasteiger partial charge in [-0.25, -0.2) is 5.43 Å². The summed E-state index contributed by atoms with van der Waals surface area (Å²) in [6, 6.07) is 9.60. The molecular formula is C17H10BrN3O6. The zero-order valence-electron chi connectivity index (χ0n) is 13.5. The topological polar surface area (TPSA) is 116 Å². The van der Waals surface area contributed by atoms with Crippen LogP contribution in [0.5, 0.6) is 11.5 Å². The van der Waals surface area contributed by atoms with Crippen LogP contribution in [0.3, 0.4) is 0 Å². The largest absolute Gasteiger partial charge is 0.454 e. The summed E-state index contributed by atoms with van der Waals surface area (Å²) in [5, 5.41) is 15.7. The first-order chi connectivity index (χ1) is 13.0. The minimum Gasteiger partial charge on any atom is -0.454 e. The van der Waals surface area contributed by atoms with Crippen molar-refractivity contribution in [1.29, 1.82) is 0 Å². The highest BCUT2D eigenvalue weighted by Crippen LogP contribution is 2.37. The minimum atomic E-state index is -0.582. The fraction of sp³-hybridized carbons (Fsp3) is 0.0588. The zero-order valence-corrected chi connectivity index (χ0v) is 15.1. The molecule has 2 aromatic carbocycles. The van der Waals surface area contributed by atoms with Gasteiger partial charge in [0.1, 0.15) is 5.58 Å². The summed E-state index contributed by atoms with van der Waals surface area (Å²) >= 11 is 3.35. The van der Waals surface area contributed by atoms with Crippen LogP contribution in [0.1, 0.15) is 16.1 Å². The standard InChI is InChI=1S/C17H10BrN3O6/c18-11-1-2-13-9(3-11)4-16(27-13)17(22)20-19-7-10-5-14-15(26-8-25-14)6-12(10)21(23)24/h1-7H,8H2,(H,20,22)/b19-7-. The number of hydrogen-bond donors (Lipinski definition) is 1. The number of carbonyl (C=O) groups excluding carboxylic acids is 1. The average molecular weight is 432 g/mol. The first kappa shape index (κ1) is 17.0. The number of nitro benzene ring substituents is 1. The molecule has 9 nitrogen and oxygen atoms in total. The molecule has 4 rings (SSSR count). The van der Waals surface area contributed by atoms with E-state index in [-0.39, 0.29) is 29.6 Å². The van der Waals surface area contributed by atoms with Crippen molar-refractivity contribution < 1.29 is 23.6 Å². The van der Waals surface area contributed by atoms with Crippen LogP contribution in [0, 0.1) is 10.1 Å². The van der Waals surface area contributed by atoms with Crippen molar-refractivity contribution in [3.8, 4) is 11.5 Å². The zero-order chi connectivity index (χ0) is 19.0. The van der Waals surface area contributed by atoms with Crippen molar-refractivity contribution in [2.24, 2.45) is 5.10 Å². The van der Waals surface area contributed by atoms with E-state index in [0.717, 1.165) is 16.1 Å². The number of nitro groups is 1. The second-order valence-corrected chi connectivity index (χ2v) is 6.43. The van der Waals surface area contributed by atoms with Gasteiger partial charge >= 0.3 is 5.91 Å². The molecule has 0 radical (unpaired) electrons. The Morgan fingerprint density at radius 3 is 2.78 bits per heavy atom. The highest BCUT2D eigenvalue weighted by atomic mass is 79.9. The molecule has 0 saturated heterocycles. The number of hydrazone groups is 1. The Balaban J connectivity index is 1.54. The summed E-state index contributed by atoms with van der Waals surface area (Å²) in [6.07, 6.45) is 1.16. The van der Waals surface area contributed by atoms with E-state index in [0.29, 0.717) is 11.3 Å². The number of carbonyl (C=O) groups is 1. The quantitative estimate of drug-likeness (QED) is 0.383. The van der Waals surface area contributed by atoms with Gasteiger partial charge in [-0.15, -0.1) is 0 Å². The van der Waals surface area contributed by atoms with Crippen molar-refractivity contribution in [3.05, 3.63) is 62.3 Å². The maximum absolute atomic E-state index is 12.2. The number of fused-ring (bicyclic) bond motifs is 2. The summed E-state index contributed by atoms with van der Waals surface area (Å²) in [5.41, 5.74) is 2.79. The second-order valence-electron chi connectivity index (χ2n) is 5.51. The van der Waals surface area contributed by atoms with Gasteiger partial charge in [0, 0.05) is 9.86 Å². The maximum Gasteiger partial charge on any atom is 0.307 e. The first-order valence-corrected chi connectivity index (χ1v) is 8.41. The van der Waals surface area contributed by atoms with Gasteiger partial charge in [0.15, 0.2) is 17.3 Å². The Kier molecular flexibility index (Phi) is 4.24. The van der Waals surface area contributed by atoms with E-state index < -0.39 is 10.8 Å². The average Bonchev–Trinajstić information content (AvgIpc) is 3.26. The van der Waals surface area contributed by atoms with Crippen LogP contribution in [0.15, 0.2) is 50.4 Å². The van der Waals surface area contributed by atoms with Crippen LogP contribution in [0.2, 0.25) is 0 Å². The molecule has 0 spiro atoms. The summed E-state index contributed by atoms with van der Waals surface area (Å²) in [6.45, 7) is -0.00795. The molecule has 1 N–H and O–H groups in total. The summed E-state index contributed by atoms with van der Waals surface area (Å²) in [7, 11) is 0. The molecule has 1 aliphatic heterocycles. The molecule has 1 aliphatic rings. The monoisotopic (exact) mass is 431 g/mol. The summed E-state index contributed by atoms with van der Waals surface area (Å²) < 4.78 is 16.6. The van der Waals surface area contributed by atoms with Crippen LogP contribution in [-0.2, 0) is 0 Å². The molecule has 10 heteroatoms. The van der Waals surface area contributed by atoms with Crippen LogP contribution in [0.4, 0.5) is 5.69 Å². The van der Waals surface area contributed by atoms with E-state index in [1.165, 1.54) is 12.1 Å². The third-order valence-electron chi connectivity index (χ3n) is 3.79. The smallest absolute Gasteiger partial charge is 0.307 e. The fourth-order valence-electron chi connectivity index (χ4n) is 2.55. The number of rotatable bonds is 4. The summed E-state index contributed by atoms with van der Waals surface area (Å²) in [4.78, 5) is 22.8. The molecule has 0 aliphatic carbocycles. The molecule has 1 amide bonds. The van der Waals surface area contributed by atoms with E-state index in [2.05, 4.69) is 26.5 Å². The van der Waals surface area contributed by atoms with Gasteiger partial charge < -0.3 is 13.9 Å². The van der Waals surface area contributed by atoms with Gasteiger partial charge in [0.05, 0.1) is 22.8 Å². The lowest BCUT2D eigenvalue weighted by Gasteiger charge is -2.00. The van der Waals surface area contributed by atoms with E-state index in [1.54, 1.807) is 18.2 Å². The number of benzene rings is 2. The molecule has 136 valence electrons. The Morgan fingerprint density at radius 2 is 2.00 bits per heavy atom. The molecule has 3 aromatic rings. The van der Waals surface area contributed by atoms with Gasteiger partial charge in [0.25, 0.3) is 5.69 Å². The number of ether oxygens (including phenoxy) is 2. The van der Waals surface area contributed by atoms with Gasteiger partial charge in [-0.2, -0.15) is 5.10 Å². The van der Waals surface area contributed by atoms with E-state index in [1.807, 2.05) is 6.07 Å². The summed E-state index contributed by atoms with van der Waals surface area (Å²) in [5.74, 6) is 0.148. The third kappa shape index (κ3) is 3.34. The lowest BCUT2D eigenvalue weighted by atomic mass is 10.1. The lowest BCUT2D eigenvalue weighted by Crippen LogP contribution is -2.16. The molecule has 2 heterocycles. The van der Waals surface area contributed by atoms with Gasteiger partial charge in [-0.3, -0.25) is 14.9 Å². The number of halogens is 1. The highest BCUT2D eigenvalue weighted by Gasteiger charge is 2.22. The minimum absolute atomic E-state index is 0.00795. The van der Waals surface area contributed by atoms with Crippen molar-refractivity contribution in [2.75, 3.05) is 6.79 Å². The third-order valence-corrected chi connectivity index (χ3v) is 4.28. The highest BCUT2D eigenvalue weighted by molar-refractivity contribution is 9.10. The molecule has 0 saturated carbocycles. The molecule has 1 aromatic heterocycles. The van der Waals surface area contributed by atoms with Gasteiger partial charge in [-0.05, 0) is 30.3 Å². The number of nitrogens with one attached hydrogen (secondary N) is 1. The Bertz CT molecular complexity index is 1110.